The Morgan fingerprint density at radius 2 is 1.41 bits per heavy atom. The molecule has 0 radical (unpaired) electrons. The van der Waals surface area contributed by atoms with Crippen molar-refractivity contribution in [2.24, 2.45) is 5.92 Å². The fraction of sp³-hybridized carbons (Fsp3) is 0.500. The Kier molecular flexibility index (Phi) is 16.0. The van der Waals surface area contributed by atoms with Crippen LogP contribution in [0.5, 0.6) is 0 Å². The summed E-state index contributed by atoms with van der Waals surface area (Å²) in [5, 5.41) is 19.4. The van der Waals surface area contributed by atoms with Crippen LogP contribution >= 0.6 is 0 Å². The molecule has 15 heteroatoms. The number of nitrogens with one attached hydrogen (secondary N) is 4. The van der Waals surface area contributed by atoms with E-state index in [1.807, 2.05) is 62.4 Å². The first-order valence-electron chi connectivity index (χ1n) is 17.3. The van der Waals surface area contributed by atoms with Crippen LogP contribution in [0.25, 0.3) is 22.5 Å². The van der Waals surface area contributed by atoms with Crippen molar-refractivity contribution >= 4 is 29.3 Å². The third-order valence-electron chi connectivity index (χ3n) is 8.15. The number of anilines is 1. The van der Waals surface area contributed by atoms with Crippen molar-refractivity contribution in [3.63, 3.8) is 0 Å². The number of hydrogen-bond acceptors (Lipinski definition) is 10. The molecule has 51 heavy (non-hydrogen) atoms. The van der Waals surface area contributed by atoms with Crippen molar-refractivity contribution in [3.05, 3.63) is 54.1 Å². The second-order valence-electron chi connectivity index (χ2n) is 12.1. The summed E-state index contributed by atoms with van der Waals surface area (Å²) in [7, 11) is 1.54. The van der Waals surface area contributed by atoms with E-state index in [0.717, 1.165) is 28.1 Å². The van der Waals surface area contributed by atoms with Gasteiger partial charge in [0.1, 0.15) is 11.7 Å². The smallest absolute Gasteiger partial charge is 0.242 e. The standard InChI is InChI=1S/C36H49N7O8/c1-25(2)33(36(47)37-3)39-31(45)14-16-48-18-20-50-22-23-51-21-19-49-17-15-38-30(44)12-13-32(46)43-24-26-8-4-5-9-27(26)34-35(41-42-40-34)28-10-6-7-11-29(28)43/h4-11,25,33H,12-24H2,1-3H3,(H,37,47)(H,38,44)(H,39,45)(H,40,41,42)/t33-/m0/s1. The summed E-state index contributed by atoms with van der Waals surface area (Å²) < 4.78 is 21.9. The lowest BCUT2D eigenvalue weighted by Gasteiger charge is -2.28. The highest BCUT2D eigenvalue weighted by Gasteiger charge is 2.27. The van der Waals surface area contributed by atoms with Gasteiger partial charge < -0.3 is 39.8 Å². The molecule has 0 saturated carbocycles. The van der Waals surface area contributed by atoms with Crippen LogP contribution in [0.4, 0.5) is 5.69 Å². The summed E-state index contributed by atoms with van der Waals surface area (Å²) in [6.45, 7) is 7.17. The molecule has 0 bridgehead atoms. The molecular weight excluding hydrogens is 658 g/mol. The molecule has 0 spiro atoms. The van der Waals surface area contributed by atoms with Crippen LogP contribution in [0.1, 0.15) is 38.7 Å². The molecule has 1 aliphatic rings. The number of para-hydroxylation sites is 1. The molecule has 3 aromatic rings. The molecule has 2 heterocycles. The van der Waals surface area contributed by atoms with E-state index in [-0.39, 0.29) is 55.4 Å². The summed E-state index contributed by atoms with van der Waals surface area (Å²) in [5.41, 5.74) is 4.88. The molecule has 4 rings (SSSR count). The summed E-state index contributed by atoms with van der Waals surface area (Å²) in [4.78, 5) is 51.7. The van der Waals surface area contributed by atoms with Gasteiger partial charge in [-0.1, -0.05) is 61.5 Å². The van der Waals surface area contributed by atoms with Gasteiger partial charge in [0.2, 0.25) is 23.6 Å². The van der Waals surface area contributed by atoms with Crippen molar-refractivity contribution in [2.75, 3.05) is 71.3 Å². The van der Waals surface area contributed by atoms with Crippen LogP contribution < -0.4 is 20.9 Å². The minimum atomic E-state index is -0.572. The molecule has 0 saturated heterocycles. The van der Waals surface area contributed by atoms with E-state index < -0.39 is 6.04 Å². The third kappa shape index (κ3) is 12.0. The number of fused-ring (bicyclic) bond motifs is 5. The van der Waals surface area contributed by atoms with E-state index >= 15 is 0 Å². The van der Waals surface area contributed by atoms with E-state index in [2.05, 4.69) is 31.4 Å². The van der Waals surface area contributed by atoms with Gasteiger partial charge >= 0.3 is 0 Å². The Morgan fingerprint density at radius 3 is 2.10 bits per heavy atom. The number of amides is 4. The SMILES string of the molecule is CNC(=O)[C@@H](NC(=O)CCOCCOCCOCCOCCNC(=O)CCC(=O)N1Cc2ccccc2-c2[nH]nnc2-c2ccccc21)C(C)C. The lowest BCUT2D eigenvalue weighted by molar-refractivity contribution is -0.130. The van der Waals surface area contributed by atoms with Gasteiger partial charge in [0.15, 0.2) is 0 Å². The van der Waals surface area contributed by atoms with Crippen molar-refractivity contribution in [1.82, 2.24) is 31.4 Å². The highest BCUT2D eigenvalue weighted by atomic mass is 16.6. The monoisotopic (exact) mass is 707 g/mol. The molecule has 15 nitrogen and oxygen atoms in total. The Balaban J connectivity index is 1.02. The van der Waals surface area contributed by atoms with Crippen molar-refractivity contribution in [1.29, 1.82) is 0 Å². The van der Waals surface area contributed by atoms with Crippen LogP contribution in [0.2, 0.25) is 0 Å². The van der Waals surface area contributed by atoms with E-state index in [4.69, 9.17) is 18.9 Å². The zero-order valence-electron chi connectivity index (χ0n) is 29.6. The van der Waals surface area contributed by atoms with E-state index in [1.54, 1.807) is 4.90 Å². The Labute approximate surface area is 298 Å². The number of likely N-dealkylation sites (N-methyl/N-ethyl adjacent to an activating group) is 1. The zero-order chi connectivity index (χ0) is 36.4. The lowest BCUT2D eigenvalue weighted by atomic mass is 9.95. The van der Waals surface area contributed by atoms with Crippen LogP contribution in [0.15, 0.2) is 48.5 Å². The molecule has 1 aliphatic heterocycles. The van der Waals surface area contributed by atoms with E-state index in [9.17, 15) is 19.2 Å². The summed E-state index contributed by atoms with van der Waals surface area (Å²) in [6.07, 6.45) is 0.256. The average Bonchev–Trinajstić information content (AvgIpc) is 3.61. The van der Waals surface area contributed by atoms with E-state index in [1.165, 1.54) is 7.05 Å². The summed E-state index contributed by atoms with van der Waals surface area (Å²) >= 11 is 0. The van der Waals surface area contributed by atoms with Gasteiger partial charge in [0.25, 0.3) is 0 Å². The van der Waals surface area contributed by atoms with Gasteiger partial charge in [-0.2, -0.15) is 0 Å². The molecule has 1 atom stereocenters. The number of aromatic nitrogens is 3. The minimum Gasteiger partial charge on any atom is -0.379 e. The first kappa shape index (κ1) is 39.1. The van der Waals surface area contributed by atoms with Gasteiger partial charge in [-0.15, -0.1) is 5.10 Å². The zero-order valence-corrected chi connectivity index (χ0v) is 29.6. The second kappa shape index (κ2) is 20.8. The van der Waals surface area contributed by atoms with E-state index in [0.29, 0.717) is 65.0 Å². The number of benzene rings is 2. The number of carbonyl (C=O) groups excluding carboxylic acids is 4. The fourth-order valence-electron chi connectivity index (χ4n) is 5.46. The van der Waals surface area contributed by atoms with Crippen LogP contribution in [0, 0.1) is 5.92 Å². The topological polar surface area (TPSA) is 186 Å². The third-order valence-corrected chi connectivity index (χ3v) is 8.15. The quantitative estimate of drug-likeness (QED) is 0.120. The normalized spacial score (nSPS) is 12.6. The Morgan fingerprint density at radius 1 is 0.784 bits per heavy atom. The number of rotatable bonds is 21. The molecule has 2 aromatic carbocycles. The Bertz CT molecular complexity index is 1580. The Hall–Kier alpha value is -4.70. The number of nitrogens with zero attached hydrogens (tertiary/aromatic N) is 3. The fourth-order valence-corrected chi connectivity index (χ4v) is 5.46. The lowest BCUT2D eigenvalue weighted by Crippen LogP contribution is -2.48. The molecule has 1 aromatic heterocycles. The summed E-state index contributed by atoms with van der Waals surface area (Å²) in [5.74, 6) is -0.878. The highest BCUT2D eigenvalue weighted by molar-refractivity contribution is 6.01. The van der Waals surface area contributed by atoms with Gasteiger partial charge in [0.05, 0.1) is 70.8 Å². The number of carbonyl (C=O) groups is 4. The maximum absolute atomic E-state index is 13.5. The number of aromatic amines is 1. The molecule has 0 unspecified atom stereocenters. The van der Waals surface area contributed by atoms with Crippen LogP contribution in [-0.2, 0) is 44.7 Å². The second-order valence-corrected chi connectivity index (χ2v) is 12.1. The highest BCUT2D eigenvalue weighted by Crippen LogP contribution is 2.39. The summed E-state index contributed by atoms with van der Waals surface area (Å²) in [6, 6.07) is 14.8. The van der Waals surface area contributed by atoms with Crippen molar-refractivity contribution < 1.29 is 38.1 Å². The first-order valence-corrected chi connectivity index (χ1v) is 17.3. The predicted molar refractivity (Wildman–Crippen MR) is 189 cm³/mol. The molecule has 0 aliphatic carbocycles. The van der Waals surface area contributed by atoms with Gasteiger partial charge in [-0.25, -0.2) is 0 Å². The number of H-pyrrole nitrogens is 1. The van der Waals surface area contributed by atoms with Crippen LogP contribution in [-0.4, -0.2) is 112 Å². The molecule has 4 N–H and O–H groups in total. The number of ether oxygens (including phenoxy) is 4. The van der Waals surface area contributed by atoms with Gasteiger partial charge in [-0.05, 0) is 17.5 Å². The molecule has 276 valence electrons. The molecule has 4 amide bonds. The molecule has 0 fully saturated rings. The van der Waals surface area contributed by atoms with Gasteiger partial charge in [-0.3, -0.25) is 24.3 Å². The minimum absolute atomic E-state index is 0.0212. The largest absolute Gasteiger partial charge is 0.379 e. The molecular formula is C36H49N7O8. The van der Waals surface area contributed by atoms with Crippen LogP contribution in [0.3, 0.4) is 0 Å². The van der Waals surface area contributed by atoms with Crippen molar-refractivity contribution in [2.45, 2.75) is 45.7 Å². The number of hydrogen-bond donors (Lipinski definition) is 4. The predicted octanol–water partition coefficient (Wildman–Crippen LogP) is 2.23. The average molecular weight is 708 g/mol. The van der Waals surface area contributed by atoms with Crippen molar-refractivity contribution in [3.8, 4) is 22.5 Å². The maximum Gasteiger partial charge on any atom is 0.242 e. The maximum atomic E-state index is 13.5. The van der Waals surface area contributed by atoms with Gasteiger partial charge in [0, 0.05) is 44.0 Å². The first-order chi connectivity index (χ1) is 24.8.